The molecular formula is C29H28N4O3. The van der Waals surface area contributed by atoms with E-state index >= 15 is 0 Å². The predicted molar refractivity (Wildman–Crippen MR) is 142 cm³/mol. The van der Waals surface area contributed by atoms with Gasteiger partial charge in [-0.3, -0.25) is 4.79 Å². The molecule has 3 aromatic carbocycles. The molecule has 4 aromatic rings. The normalized spacial score (nSPS) is 10.5. The lowest BCUT2D eigenvalue weighted by molar-refractivity contribution is 0.0501. The van der Waals surface area contributed by atoms with Crippen LogP contribution in [-0.4, -0.2) is 28.5 Å². The molecule has 7 nitrogen and oxygen atoms in total. The van der Waals surface area contributed by atoms with Crippen molar-refractivity contribution >= 4 is 29.1 Å². The summed E-state index contributed by atoms with van der Waals surface area (Å²) in [5.74, 6) is 0.466. The number of carbonyl (C=O) groups is 2. The second-order valence-corrected chi connectivity index (χ2v) is 8.25. The molecule has 0 spiro atoms. The number of carbonyl (C=O) groups excluding carboxylic acids is 2. The lowest BCUT2D eigenvalue weighted by atomic mass is 10.1. The second-order valence-electron chi connectivity index (χ2n) is 8.25. The van der Waals surface area contributed by atoms with Crippen molar-refractivity contribution < 1.29 is 14.3 Å². The minimum absolute atomic E-state index is 0.320. The second kappa shape index (κ2) is 11.8. The molecule has 0 radical (unpaired) electrons. The molecule has 182 valence electrons. The van der Waals surface area contributed by atoms with Gasteiger partial charge in [0.2, 0.25) is 0 Å². The number of nitrogens with zero attached hydrogens (tertiary/aromatic N) is 2. The standard InChI is InChI=1S/C29H28N4O3/c1-3-4-17-36-29(35)24-15-8-9-16-25(24)33-28(34)22-13-10-14-23(18-22)32-27-19-26(30-20(2)31-27)21-11-6-5-7-12-21/h5-16,18-19H,3-4,17H2,1-2H3,(H,33,34)(H,30,31,32). The van der Waals surface area contributed by atoms with Crippen LogP contribution in [-0.2, 0) is 4.74 Å². The first-order valence-electron chi connectivity index (χ1n) is 11.9. The Balaban J connectivity index is 1.50. The molecule has 0 bridgehead atoms. The minimum Gasteiger partial charge on any atom is -0.462 e. The highest BCUT2D eigenvalue weighted by molar-refractivity contribution is 6.08. The number of nitrogens with one attached hydrogen (secondary N) is 2. The summed E-state index contributed by atoms with van der Waals surface area (Å²) in [6.07, 6.45) is 1.72. The number of amides is 1. The summed E-state index contributed by atoms with van der Waals surface area (Å²) in [6, 6.07) is 25.7. The van der Waals surface area contributed by atoms with Gasteiger partial charge in [0.15, 0.2) is 0 Å². The summed E-state index contributed by atoms with van der Waals surface area (Å²) >= 11 is 0. The smallest absolute Gasteiger partial charge is 0.340 e. The van der Waals surface area contributed by atoms with Crippen molar-refractivity contribution in [1.29, 1.82) is 0 Å². The third-order valence-electron chi connectivity index (χ3n) is 5.43. The van der Waals surface area contributed by atoms with E-state index in [4.69, 9.17) is 4.74 Å². The van der Waals surface area contributed by atoms with Crippen LogP contribution in [0.1, 0.15) is 46.3 Å². The summed E-state index contributed by atoms with van der Waals surface area (Å²) in [5.41, 5.74) is 3.66. The molecule has 2 N–H and O–H groups in total. The zero-order valence-corrected chi connectivity index (χ0v) is 20.3. The van der Waals surface area contributed by atoms with Crippen molar-refractivity contribution in [3.8, 4) is 11.3 Å². The Morgan fingerprint density at radius 2 is 1.67 bits per heavy atom. The number of unbranched alkanes of at least 4 members (excludes halogenated alkanes) is 1. The largest absolute Gasteiger partial charge is 0.462 e. The third-order valence-corrected chi connectivity index (χ3v) is 5.43. The van der Waals surface area contributed by atoms with Gasteiger partial charge in [0.25, 0.3) is 5.91 Å². The number of aromatic nitrogens is 2. The van der Waals surface area contributed by atoms with Crippen LogP contribution in [0.3, 0.4) is 0 Å². The lowest BCUT2D eigenvalue weighted by Crippen LogP contribution is -2.16. The van der Waals surface area contributed by atoms with Gasteiger partial charge < -0.3 is 15.4 Å². The fourth-order valence-electron chi connectivity index (χ4n) is 3.63. The van der Waals surface area contributed by atoms with Crippen LogP contribution in [0.15, 0.2) is 84.9 Å². The third kappa shape index (κ3) is 6.33. The average Bonchev–Trinajstić information content (AvgIpc) is 2.89. The lowest BCUT2D eigenvalue weighted by Gasteiger charge is -2.12. The molecule has 0 atom stereocenters. The Bertz CT molecular complexity index is 1360. The van der Waals surface area contributed by atoms with E-state index in [1.165, 1.54) is 0 Å². The first-order valence-corrected chi connectivity index (χ1v) is 11.9. The molecule has 0 unspecified atom stereocenters. The van der Waals surface area contributed by atoms with Gasteiger partial charge in [0.1, 0.15) is 11.6 Å². The molecule has 0 aliphatic carbocycles. The van der Waals surface area contributed by atoms with Crippen molar-refractivity contribution in [2.75, 3.05) is 17.2 Å². The zero-order chi connectivity index (χ0) is 25.3. The maximum atomic E-state index is 13.0. The number of aryl methyl sites for hydroxylation is 1. The Hall–Kier alpha value is -4.52. The van der Waals surface area contributed by atoms with E-state index in [9.17, 15) is 9.59 Å². The van der Waals surface area contributed by atoms with Crippen molar-refractivity contribution in [2.24, 2.45) is 0 Å². The summed E-state index contributed by atoms with van der Waals surface area (Å²) in [6.45, 7) is 4.21. The minimum atomic E-state index is -0.455. The van der Waals surface area contributed by atoms with Gasteiger partial charge in [-0.25, -0.2) is 14.8 Å². The van der Waals surface area contributed by atoms with E-state index in [1.54, 1.807) is 42.5 Å². The first kappa shape index (κ1) is 24.6. The number of hydrogen-bond donors (Lipinski definition) is 2. The summed E-state index contributed by atoms with van der Waals surface area (Å²) in [4.78, 5) is 34.5. The topological polar surface area (TPSA) is 93.2 Å². The Labute approximate surface area is 210 Å². The van der Waals surface area contributed by atoms with Gasteiger partial charge in [-0.1, -0.05) is 61.9 Å². The van der Waals surface area contributed by atoms with Crippen LogP contribution in [0.25, 0.3) is 11.3 Å². The zero-order valence-electron chi connectivity index (χ0n) is 20.3. The van der Waals surface area contributed by atoms with Crippen LogP contribution >= 0.6 is 0 Å². The van der Waals surface area contributed by atoms with E-state index < -0.39 is 5.97 Å². The maximum absolute atomic E-state index is 13.0. The number of benzene rings is 3. The van der Waals surface area contributed by atoms with Crippen LogP contribution in [0.4, 0.5) is 17.2 Å². The van der Waals surface area contributed by atoms with Crippen molar-refractivity contribution in [1.82, 2.24) is 9.97 Å². The van der Waals surface area contributed by atoms with Gasteiger partial charge in [-0.15, -0.1) is 0 Å². The van der Waals surface area contributed by atoms with Gasteiger partial charge in [0.05, 0.1) is 23.6 Å². The van der Waals surface area contributed by atoms with Crippen LogP contribution in [0, 0.1) is 6.92 Å². The quantitative estimate of drug-likeness (QED) is 0.213. The van der Waals surface area contributed by atoms with Gasteiger partial charge in [-0.05, 0) is 43.7 Å². The van der Waals surface area contributed by atoms with E-state index in [0.29, 0.717) is 40.8 Å². The first-order chi connectivity index (χ1) is 17.5. The number of ether oxygens (including phenoxy) is 1. The number of anilines is 3. The monoisotopic (exact) mass is 480 g/mol. The molecule has 36 heavy (non-hydrogen) atoms. The Kier molecular flexibility index (Phi) is 8.03. The maximum Gasteiger partial charge on any atom is 0.340 e. The van der Waals surface area contributed by atoms with E-state index in [2.05, 4.69) is 20.6 Å². The highest BCUT2D eigenvalue weighted by atomic mass is 16.5. The summed E-state index contributed by atoms with van der Waals surface area (Å²) in [5, 5.41) is 6.10. The van der Waals surface area contributed by atoms with E-state index in [1.807, 2.05) is 56.3 Å². The van der Waals surface area contributed by atoms with Gasteiger partial charge in [-0.2, -0.15) is 0 Å². The molecule has 0 saturated carbocycles. The SMILES string of the molecule is CCCCOC(=O)c1ccccc1NC(=O)c1cccc(Nc2cc(-c3ccccc3)nc(C)n2)c1. The van der Waals surface area contributed by atoms with Crippen LogP contribution in [0.2, 0.25) is 0 Å². The average molecular weight is 481 g/mol. The van der Waals surface area contributed by atoms with Crippen molar-refractivity contribution in [3.63, 3.8) is 0 Å². The molecule has 1 heterocycles. The number of rotatable bonds is 9. The van der Waals surface area contributed by atoms with E-state index in [0.717, 1.165) is 24.1 Å². The Morgan fingerprint density at radius 3 is 2.47 bits per heavy atom. The van der Waals surface area contributed by atoms with Crippen molar-refractivity contribution in [3.05, 3.63) is 102 Å². The molecule has 0 aliphatic heterocycles. The van der Waals surface area contributed by atoms with Gasteiger partial charge in [0, 0.05) is 22.9 Å². The van der Waals surface area contributed by atoms with Crippen LogP contribution < -0.4 is 10.6 Å². The molecular weight excluding hydrogens is 452 g/mol. The van der Waals surface area contributed by atoms with Crippen LogP contribution in [0.5, 0.6) is 0 Å². The molecule has 7 heteroatoms. The molecule has 0 saturated heterocycles. The molecule has 0 fully saturated rings. The molecule has 4 rings (SSSR count). The summed E-state index contributed by atoms with van der Waals surface area (Å²) < 4.78 is 5.32. The number of hydrogen-bond acceptors (Lipinski definition) is 6. The number of esters is 1. The number of para-hydroxylation sites is 1. The fraction of sp³-hybridized carbons (Fsp3) is 0.172. The molecule has 1 amide bonds. The van der Waals surface area contributed by atoms with E-state index in [-0.39, 0.29) is 5.91 Å². The highest BCUT2D eigenvalue weighted by Crippen LogP contribution is 2.23. The molecule has 1 aromatic heterocycles. The Morgan fingerprint density at radius 1 is 0.889 bits per heavy atom. The van der Waals surface area contributed by atoms with Crippen molar-refractivity contribution in [2.45, 2.75) is 26.7 Å². The highest BCUT2D eigenvalue weighted by Gasteiger charge is 2.15. The fourth-order valence-corrected chi connectivity index (χ4v) is 3.63. The van der Waals surface area contributed by atoms with Gasteiger partial charge >= 0.3 is 5.97 Å². The predicted octanol–water partition coefficient (Wildman–Crippen LogP) is 6.40. The molecule has 0 aliphatic rings. The summed E-state index contributed by atoms with van der Waals surface area (Å²) in [7, 11) is 0.